The monoisotopic (exact) mass is 278 g/mol. The van der Waals surface area contributed by atoms with Crippen molar-refractivity contribution < 1.29 is 9.18 Å². The van der Waals surface area contributed by atoms with Gasteiger partial charge in [-0.25, -0.2) is 4.39 Å². The molecule has 0 aliphatic carbocycles. The molecule has 3 aromatic rings. The third-order valence-corrected chi connectivity index (χ3v) is 3.38. The van der Waals surface area contributed by atoms with Gasteiger partial charge in [0, 0.05) is 22.7 Å². The molecule has 0 unspecified atom stereocenters. The standard InChI is InChI=1S/C17H11FN2O/c18-15-5-6-16-14(9-15)7-8-20(16)11-17(21)13-3-1-12(10-19)2-4-13/h1-9H,11H2. The van der Waals surface area contributed by atoms with Gasteiger partial charge in [-0.3, -0.25) is 4.79 Å². The predicted molar refractivity (Wildman–Crippen MR) is 77.4 cm³/mol. The summed E-state index contributed by atoms with van der Waals surface area (Å²) < 4.78 is 14.9. The Balaban J connectivity index is 1.87. The maximum absolute atomic E-state index is 13.1. The Morgan fingerprint density at radius 1 is 1.14 bits per heavy atom. The lowest BCUT2D eigenvalue weighted by Crippen LogP contribution is -2.09. The van der Waals surface area contributed by atoms with E-state index in [4.69, 9.17) is 5.26 Å². The van der Waals surface area contributed by atoms with Crippen molar-refractivity contribution >= 4 is 16.7 Å². The zero-order chi connectivity index (χ0) is 14.8. The molecular weight excluding hydrogens is 267 g/mol. The van der Waals surface area contributed by atoms with Crippen LogP contribution in [0.15, 0.2) is 54.7 Å². The van der Waals surface area contributed by atoms with Gasteiger partial charge in [0.05, 0.1) is 18.2 Å². The van der Waals surface area contributed by atoms with E-state index in [9.17, 15) is 9.18 Å². The molecule has 4 heteroatoms. The average Bonchev–Trinajstić information content (AvgIpc) is 2.89. The van der Waals surface area contributed by atoms with Crippen molar-refractivity contribution in [3.63, 3.8) is 0 Å². The maximum Gasteiger partial charge on any atom is 0.182 e. The summed E-state index contributed by atoms with van der Waals surface area (Å²) >= 11 is 0. The molecule has 102 valence electrons. The number of Topliss-reactive ketones (excluding diaryl/α,β-unsaturated/α-hetero) is 1. The highest BCUT2D eigenvalue weighted by Crippen LogP contribution is 2.18. The SMILES string of the molecule is N#Cc1ccc(C(=O)Cn2ccc3cc(F)ccc32)cc1. The lowest BCUT2D eigenvalue weighted by Gasteiger charge is -2.05. The predicted octanol–water partition coefficient (Wildman–Crippen LogP) is 3.53. The summed E-state index contributed by atoms with van der Waals surface area (Å²) in [6.45, 7) is 0.182. The van der Waals surface area contributed by atoms with E-state index < -0.39 is 0 Å². The first-order chi connectivity index (χ1) is 10.2. The van der Waals surface area contributed by atoms with Crippen LogP contribution in [-0.2, 0) is 6.54 Å². The molecule has 0 saturated heterocycles. The van der Waals surface area contributed by atoms with Crippen molar-refractivity contribution in [2.24, 2.45) is 0 Å². The van der Waals surface area contributed by atoms with E-state index in [1.807, 2.05) is 6.07 Å². The van der Waals surface area contributed by atoms with Crippen LogP contribution < -0.4 is 0 Å². The Kier molecular flexibility index (Phi) is 3.25. The van der Waals surface area contributed by atoms with Crippen LogP contribution in [-0.4, -0.2) is 10.4 Å². The zero-order valence-electron chi connectivity index (χ0n) is 11.1. The Morgan fingerprint density at radius 3 is 2.62 bits per heavy atom. The van der Waals surface area contributed by atoms with Gasteiger partial charge in [0.25, 0.3) is 0 Å². The third kappa shape index (κ3) is 2.54. The number of nitriles is 1. The summed E-state index contributed by atoms with van der Waals surface area (Å²) in [5, 5.41) is 9.51. The van der Waals surface area contributed by atoms with Crippen LogP contribution >= 0.6 is 0 Å². The van der Waals surface area contributed by atoms with Gasteiger partial charge in [-0.15, -0.1) is 0 Å². The fourth-order valence-electron chi connectivity index (χ4n) is 2.29. The van der Waals surface area contributed by atoms with Crippen LogP contribution in [0.25, 0.3) is 10.9 Å². The largest absolute Gasteiger partial charge is 0.340 e. The number of aromatic nitrogens is 1. The van der Waals surface area contributed by atoms with E-state index in [1.165, 1.54) is 12.1 Å². The molecule has 0 fully saturated rings. The van der Waals surface area contributed by atoms with E-state index in [2.05, 4.69) is 0 Å². The Bertz CT molecular complexity index is 857. The fraction of sp³-hybridized carbons (Fsp3) is 0.0588. The third-order valence-electron chi connectivity index (χ3n) is 3.38. The van der Waals surface area contributed by atoms with Gasteiger partial charge in [-0.2, -0.15) is 5.26 Å². The van der Waals surface area contributed by atoms with Crippen molar-refractivity contribution in [2.75, 3.05) is 0 Å². The van der Waals surface area contributed by atoms with Crippen molar-refractivity contribution in [1.82, 2.24) is 4.57 Å². The molecule has 0 N–H and O–H groups in total. The Morgan fingerprint density at radius 2 is 1.90 bits per heavy atom. The molecule has 1 heterocycles. The minimum Gasteiger partial charge on any atom is -0.340 e. The van der Waals surface area contributed by atoms with E-state index in [1.54, 1.807) is 47.2 Å². The van der Waals surface area contributed by atoms with Gasteiger partial charge in [0.1, 0.15) is 5.82 Å². The van der Waals surface area contributed by atoms with Gasteiger partial charge in [0.15, 0.2) is 5.78 Å². The first-order valence-electron chi connectivity index (χ1n) is 6.45. The number of ketones is 1. The number of carbonyl (C=O) groups excluding carboxylic acids is 1. The highest BCUT2D eigenvalue weighted by molar-refractivity contribution is 5.97. The normalized spacial score (nSPS) is 10.5. The van der Waals surface area contributed by atoms with E-state index in [-0.39, 0.29) is 18.1 Å². The van der Waals surface area contributed by atoms with Crippen LogP contribution in [0.4, 0.5) is 4.39 Å². The Hall–Kier alpha value is -2.93. The van der Waals surface area contributed by atoms with E-state index >= 15 is 0 Å². The van der Waals surface area contributed by atoms with Gasteiger partial charge < -0.3 is 4.57 Å². The number of rotatable bonds is 3. The molecule has 2 aromatic carbocycles. The molecular formula is C17H11FN2O. The summed E-state index contributed by atoms with van der Waals surface area (Å²) in [7, 11) is 0. The van der Waals surface area contributed by atoms with Crippen molar-refractivity contribution in [3.05, 3.63) is 71.7 Å². The van der Waals surface area contributed by atoms with Crippen LogP contribution in [0, 0.1) is 17.1 Å². The second-order valence-corrected chi connectivity index (χ2v) is 4.76. The molecule has 0 bridgehead atoms. The highest BCUT2D eigenvalue weighted by atomic mass is 19.1. The molecule has 1 aromatic heterocycles. The van der Waals surface area contributed by atoms with Gasteiger partial charge in [-0.1, -0.05) is 12.1 Å². The second kappa shape index (κ2) is 5.22. The molecule has 0 saturated carbocycles. The number of carbonyl (C=O) groups is 1. The number of hydrogen-bond donors (Lipinski definition) is 0. The van der Waals surface area contributed by atoms with Gasteiger partial charge in [-0.05, 0) is 36.4 Å². The molecule has 3 rings (SSSR count). The summed E-state index contributed by atoms with van der Waals surface area (Å²) in [5.41, 5.74) is 1.89. The van der Waals surface area contributed by atoms with Crippen molar-refractivity contribution in [2.45, 2.75) is 6.54 Å². The lowest BCUT2D eigenvalue weighted by molar-refractivity contribution is 0.0973. The van der Waals surface area contributed by atoms with Crippen LogP contribution in [0.3, 0.4) is 0 Å². The van der Waals surface area contributed by atoms with Crippen molar-refractivity contribution in [3.8, 4) is 6.07 Å². The minimum absolute atomic E-state index is 0.0543. The molecule has 0 amide bonds. The fourth-order valence-corrected chi connectivity index (χ4v) is 2.29. The number of fused-ring (bicyclic) bond motifs is 1. The maximum atomic E-state index is 13.1. The first kappa shape index (κ1) is 13.1. The van der Waals surface area contributed by atoms with Crippen molar-refractivity contribution in [1.29, 1.82) is 5.26 Å². The van der Waals surface area contributed by atoms with Gasteiger partial charge >= 0.3 is 0 Å². The number of hydrogen-bond acceptors (Lipinski definition) is 2. The second-order valence-electron chi connectivity index (χ2n) is 4.76. The number of halogens is 1. The molecule has 0 spiro atoms. The summed E-state index contributed by atoms with van der Waals surface area (Å²) in [4.78, 5) is 12.2. The quantitative estimate of drug-likeness (QED) is 0.688. The van der Waals surface area contributed by atoms with Crippen LogP contribution in [0.5, 0.6) is 0 Å². The molecule has 3 nitrogen and oxygen atoms in total. The first-order valence-corrected chi connectivity index (χ1v) is 6.45. The van der Waals surface area contributed by atoms with Crippen LogP contribution in [0.2, 0.25) is 0 Å². The topological polar surface area (TPSA) is 45.8 Å². The summed E-state index contributed by atoms with van der Waals surface area (Å²) in [5.74, 6) is -0.347. The van der Waals surface area contributed by atoms with E-state index in [0.717, 1.165) is 10.9 Å². The number of benzene rings is 2. The molecule has 0 atom stereocenters. The molecule has 0 aliphatic heterocycles. The van der Waals surface area contributed by atoms with Gasteiger partial charge in [0.2, 0.25) is 0 Å². The molecule has 0 radical (unpaired) electrons. The highest BCUT2D eigenvalue weighted by Gasteiger charge is 2.09. The zero-order valence-corrected chi connectivity index (χ0v) is 11.1. The Labute approximate surface area is 120 Å². The summed E-state index contributed by atoms with van der Waals surface area (Å²) in [6, 6.07) is 14.8. The molecule has 0 aliphatic rings. The minimum atomic E-state index is -0.293. The average molecular weight is 278 g/mol. The lowest BCUT2D eigenvalue weighted by atomic mass is 10.1. The van der Waals surface area contributed by atoms with Crippen LogP contribution in [0.1, 0.15) is 15.9 Å². The molecule has 21 heavy (non-hydrogen) atoms. The smallest absolute Gasteiger partial charge is 0.182 e. The van der Waals surface area contributed by atoms with E-state index in [0.29, 0.717) is 11.1 Å². The number of nitrogens with zero attached hydrogens (tertiary/aromatic N) is 2. The summed E-state index contributed by atoms with van der Waals surface area (Å²) in [6.07, 6.45) is 1.77.